The minimum Gasteiger partial charge on any atom is -0.365 e. The molecule has 5 heteroatoms. The molecule has 2 rings (SSSR count). The fourth-order valence-corrected chi connectivity index (χ4v) is 2.33. The van der Waals surface area contributed by atoms with Crippen LogP contribution in [0.25, 0.3) is 0 Å². The van der Waals surface area contributed by atoms with Crippen LogP contribution >= 0.6 is 0 Å². The Balaban J connectivity index is 1.90. The van der Waals surface area contributed by atoms with Crippen molar-refractivity contribution in [3.8, 4) is 0 Å². The molecule has 1 aromatic heterocycles. The summed E-state index contributed by atoms with van der Waals surface area (Å²) in [5, 5.41) is 3.61. The highest BCUT2D eigenvalue weighted by Crippen LogP contribution is 2.21. The van der Waals surface area contributed by atoms with Crippen LogP contribution < -0.4 is 5.73 Å². The molecule has 1 unspecified atom stereocenters. The van der Waals surface area contributed by atoms with Gasteiger partial charge in [0.25, 0.3) is 5.95 Å². The van der Waals surface area contributed by atoms with Crippen LogP contribution in [0, 0.1) is 5.92 Å². The van der Waals surface area contributed by atoms with Crippen molar-refractivity contribution in [1.29, 1.82) is 0 Å². The van der Waals surface area contributed by atoms with Crippen LogP contribution in [-0.4, -0.2) is 34.2 Å². The molecule has 1 saturated heterocycles. The highest BCUT2D eigenvalue weighted by Gasteiger charge is 2.23. The summed E-state index contributed by atoms with van der Waals surface area (Å²) < 4.78 is 5.06. The molecule has 0 aromatic carbocycles. The number of nitrogens with two attached hydrogens (primary N) is 1. The summed E-state index contributed by atoms with van der Waals surface area (Å²) in [6.45, 7) is 6.82. The van der Waals surface area contributed by atoms with Gasteiger partial charge in [-0.3, -0.25) is 0 Å². The maximum Gasteiger partial charge on any atom is 0.260 e. The first-order valence-corrected chi connectivity index (χ1v) is 5.97. The molecule has 2 N–H and O–H groups in total. The Kier molecular flexibility index (Phi) is 3.43. The number of nitrogens with zero attached hydrogens (tertiary/aromatic N) is 3. The molecule has 5 nitrogen and oxygen atoms in total. The van der Waals surface area contributed by atoms with Crippen LogP contribution in [0.5, 0.6) is 0 Å². The summed E-state index contributed by atoms with van der Waals surface area (Å²) in [6.07, 6.45) is 3.35. The van der Waals surface area contributed by atoms with Gasteiger partial charge in [-0.1, -0.05) is 0 Å². The second-order valence-corrected chi connectivity index (χ2v) is 4.85. The Labute approximate surface area is 96.0 Å². The SMILES string of the molecule is CC(C)N1CCCC(Cc2nc(N)no2)C1. The average molecular weight is 224 g/mol. The molecule has 1 aromatic rings. The van der Waals surface area contributed by atoms with Crippen LogP contribution in [0.2, 0.25) is 0 Å². The van der Waals surface area contributed by atoms with E-state index in [9.17, 15) is 0 Å². The third-order valence-electron chi connectivity index (χ3n) is 3.23. The van der Waals surface area contributed by atoms with Gasteiger partial charge in [-0.05, 0) is 44.3 Å². The minimum absolute atomic E-state index is 0.242. The largest absolute Gasteiger partial charge is 0.365 e. The number of piperidine rings is 1. The van der Waals surface area contributed by atoms with E-state index >= 15 is 0 Å². The fourth-order valence-electron chi connectivity index (χ4n) is 2.33. The van der Waals surface area contributed by atoms with Crippen molar-refractivity contribution < 1.29 is 4.52 Å². The van der Waals surface area contributed by atoms with Crippen molar-refractivity contribution in [2.24, 2.45) is 5.92 Å². The number of rotatable bonds is 3. The zero-order valence-corrected chi connectivity index (χ0v) is 10.0. The van der Waals surface area contributed by atoms with Gasteiger partial charge in [0, 0.05) is 19.0 Å². The third kappa shape index (κ3) is 2.72. The van der Waals surface area contributed by atoms with Crippen molar-refractivity contribution in [3.05, 3.63) is 5.89 Å². The lowest BCUT2D eigenvalue weighted by atomic mass is 9.94. The van der Waals surface area contributed by atoms with Crippen molar-refractivity contribution in [1.82, 2.24) is 15.0 Å². The number of anilines is 1. The van der Waals surface area contributed by atoms with Gasteiger partial charge in [0.2, 0.25) is 5.89 Å². The molecule has 1 aliphatic heterocycles. The fraction of sp³-hybridized carbons (Fsp3) is 0.818. The van der Waals surface area contributed by atoms with Crippen LogP contribution in [-0.2, 0) is 6.42 Å². The van der Waals surface area contributed by atoms with Crippen molar-refractivity contribution in [2.45, 2.75) is 39.2 Å². The molecule has 0 aliphatic carbocycles. The molecule has 0 spiro atoms. The van der Waals surface area contributed by atoms with Gasteiger partial charge < -0.3 is 15.2 Å². The second-order valence-electron chi connectivity index (χ2n) is 4.85. The molecule has 16 heavy (non-hydrogen) atoms. The van der Waals surface area contributed by atoms with Crippen molar-refractivity contribution in [3.63, 3.8) is 0 Å². The Hall–Kier alpha value is -1.10. The molecule has 1 fully saturated rings. The monoisotopic (exact) mass is 224 g/mol. The van der Waals surface area contributed by atoms with Crippen LogP contribution in [0.4, 0.5) is 5.95 Å². The van der Waals surface area contributed by atoms with E-state index in [-0.39, 0.29) is 5.95 Å². The molecular formula is C11H20N4O. The van der Waals surface area contributed by atoms with Crippen LogP contribution in [0.3, 0.4) is 0 Å². The molecule has 90 valence electrons. The van der Waals surface area contributed by atoms with E-state index in [1.807, 2.05) is 0 Å². The van der Waals surface area contributed by atoms with Gasteiger partial charge >= 0.3 is 0 Å². The third-order valence-corrected chi connectivity index (χ3v) is 3.23. The number of hydrogen-bond acceptors (Lipinski definition) is 5. The predicted octanol–water partition coefficient (Wildman–Crippen LogP) is 1.31. The maximum atomic E-state index is 5.43. The smallest absolute Gasteiger partial charge is 0.260 e. The summed E-state index contributed by atoms with van der Waals surface area (Å²) in [5.74, 6) is 1.54. The average Bonchev–Trinajstić information content (AvgIpc) is 2.64. The summed E-state index contributed by atoms with van der Waals surface area (Å²) in [6, 6.07) is 0.621. The van der Waals surface area contributed by atoms with E-state index in [4.69, 9.17) is 10.3 Å². The Morgan fingerprint density at radius 3 is 3.00 bits per heavy atom. The molecule has 0 bridgehead atoms. The summed E-state index contributed by atoms with van der Waals surface area (Å²) >= 11 is 0. The van der Waals surface area contributed by atoms with Crippen LogP contribution in [0.15, 0.2) is 4.52 Å². The summed E-state index contributed by atoms with van der Waals surface area (Å²) in [7, 11) is 0. The first-order valence-electron chi connectivity index (χ1n) is 5.97. The maximum absolute atomic E-state index is 5.43. The lowest BCUT2D eigenvalue weighted by Crippen LogP contribution is -2.40. The van der Waals surface area contributed by atoms with E-state index in [0.29, 0.717) is 17.9 Å². The predicted molar refractivity (Wildman–Crippen MR) is 61.8 cm³/mol. The topological polar surface area (TPSA) is 68.2 Å². The molecular weight excluding hydrogens is 204 g/mol. The lowest BCUT2D eigenvalue weighted by Gasteiger charge is -2.34. The standard InChI is InChI=1S/C11H20N4O/c1-8(2)15-5-3-4-9(7-15)6-10-13-11(12)14-16-10/h8-9H,3-7H2,1-2H3,(H2,12,14). The lowest BCUT2D eigenvalue weighted by molar-refractivity contribution is 0.135. The number of hydrogen-bond donors (Lipinski definition) is 1. The van der Waals surface area contributed by atoms with E-state index in [0.717, 1.165) is 13.0 Å². The van der Waals surface area contributed by atoms with Gasteiger partial charge in [-0.15, -0.1) is 0 Å². The number of nitrogen functional groups attached to an aromatic ring is 1. The van der Waals surface area contributed by atoms with E-state index in [1.165, 1.54) is 19.4 Å². The Bertz CT molecular complexity index is 336. The molecule has 1 atom stereocenters. The normalized spacial score (nSPS) is 22.8. The highest BCUT2D eigenvalue weighted by molar-refractivity contribution is 5.10. The highest BCUT2D eigenvalue weighted by atomic mass is 16.5. The summed E-state index contributed by atoms with van der Waals surface area (Å²) in [5.41, 5.74) is 5.43. The van der Waals surface area contributed by atoms with E-state index in [2.05, 4.69) is 28.9 Å². The van der Waals surface area contributed by atoms with Gasteiger partial charge in [0.15, 0.2) is 0 Å². The number of likely N-dealkylation sites (tertiary alicyclic amines) is 1. The first kappa shape index (κ1) is 11.4. The Morgan fingerprint density at radius 2 is 2.38 bits per heavy atom. The first-order chi connectivity index (χ1) is 7.65. The molecule has 0 radical (unpaired) electrons. The Morgan fingerprint density at radius 1 is 1.56 bits per heavy atom. The molecule has 2 heterocycles. The zero-order valence-electron chi connectivity index (χ0n) is 10.0. The van der Waals surface area contributed by atoms with E-state index < -0.39 is 0 Å². The van der Waals surface area contributed by atoms with Crippen LogP contribution in [0.1, 0.15) is 32.6 Å². The van der Waals surface area contributed by atoms with Gasteiger partial charge in [-0.25, -0.2) is 0 Å². The molecule has 1 aliphatic rings. The van der Waals surface area contributed by atoms with Crippen molar-refractivity contribution >= 4 is 5.95 Å². The van der Waals surface area contributed by atoms with Gasteiger partial charge in [0.1, 0.15) is 0 Å². The summed E-state index contributed by atoms with van der Waals surface area (Å²) in [4.78, 5) is 6.56. The van der Waals surface area contributed by atoms with Gasteiger partial charge in [-0.2, -0.15) is 4.98 Å². The minimum atomic E-state index is 0.242. The van der Waals surface area contributed by atoms with Crippen molar-refractivity contribution in [2.75, 3.05) is 18.8 Å². The number of aromatic nitrogens is 2. The van der Waals surface area contributed by atoms with E-state index in [1.54, 1.807) is 0 Å². The molecule has 0 amide bonds. The molecule has 0 saturated carbocycles. The quantitative estimate of drug-likeness (QED) is 0.838. The second kappa shape index (κ2) is 4.82. The van der Waals surface area contributed by atoms with Gasteiger partial charge in [0.05, 0.1) is 0 Å². The zero-order chi connectivity index (χ0) is 11.5.